The van der Waals surface area contributed by atoms with Crippen molar-refractivity contribution in [1.29, 1.82) is 0 Å². The average molecular weight is 758 g/mol. The van der Waals surface area contributed by atoms with Gasteiger partial charge >= 0.3 is 0 Å². The van der Waals surface area contributed by atoms with Crippen molar-refractivity contribution < 1.29 is 4.74 Å². The van der Waals surface area contributed by atoms with E-state index in [9.17, 15) is 0 Å². The van der Waals surface area contributed by atoms with E-state index < -0.39 is 0 Å². The van der Waals surface area contributed by atoms with Gasteiger partial charge in [-0.1, -0.05) is 159 Å². The molecule has 0 unspecified atom stereocenters. The van der Waals surface area contributed by atoms with E-state index >= 15 is 0 Å². The molecule has 0 fully saturated rings. The van der Waals surface area contributed by atoms with Crippen molar-refractivity contribution in [1.82, 2.24) is 14.4 Å². The van der Waals surface area contributed by atoms with Crippen molar-refractivity contribution in [3.63, 3.8) is 0 Å². The zero-order chi connectivity index (χ0) is 40.6. The van der Waals surface area contributed by atoms with Gasteiger partial charge in [-0.25, -0.2) is 9.97 Å². The fraction of sp³-hybridized carbons (Fsp3) is 0.222. The van der Waals surface area contributed by atoms with Gasteiger partial charge in [-0.3, -0.25) is 4.40 Å². The third kappa shape index (κ3) is 6.32. The van der Waals surface area contributed by atoms with Crippen LogP contribution in [0.5, 0.6) is 5.75 Å². The standard InChI is InChI=1S/C54H51N3O/c1-52(2,3)39-29-37(30-40(33-39)53(4,5)6)38-31-45(55-46(32-38)43-26-25-42-41-22-13-14-23-44(41)54(7,8)48(42)51(43)58-9)35-20-17-21-36(28-35)49-50(34-18-11-10-12-19-34)57-27-16-15-24-47(57)56-49/h10-33H,1-9H3. The molecule has 9 rings (SSSR count). The van der Waals surface area contributed by atoms with Crippen molar-refractivity contribution in [3.05, 3.63) is 168 Å². The zero-order valence-electron chi connectivity index (χ0n) is 35.1. The van der Waals surface area contributed by atoms with Crippen LogP contribution in [0.2, 0.25) is 0 Å². The lowest BCUT2D eigenvalue weighted by atomic mass is 9.78. The minimum atomic E-state index is -0.241. The van der Waals surface area contributed by atoms with Crippen LogP contribution in [-0.2, 0) is 16.2 Å². The Hall–Kier alpha value is -6.26. The highest BCUT2D eigenvalue weighted by molar-refractivity contribution is 5.90. The third-order valence-corrected chi connectivity index (χ3v) is 12.0. The van der Waals surface area contributed by atoms with Gasteiger partial charge in [0, 0.05) is 39.4 Å². The number of nitrogens with zero attached hydrogens (tertiary/aromatic N) is 3. The molecule has 1 aliphatic carbocycles. The highest BCUT2D eigenvalue weighted by atomic mass is 16.5. The van der Waals surface area contributed by atoms with E-state index in [1.807, 2.05) is 6.07 Å². The highest BCUT2D eigenvalue weighted by Crippen LogP contribution is 2.54. The van der Waals surface area contributed by atoms with Crippen LogP contribution >= 0.6 is 0 Å². The van der Waals surface area contributed by atoms with Crippen molar-refractivity contribution in [2.45, 2.75) is 71.6 Å². The average Bonchev–Trinajstić information content (AvgIpc) is 3.72. The van der Waals surface area contributed by atoms with Crippen molar-refractivity contribution in [2.75, 3.05) is 7.11 Å². The van der Waals surface area contributed by atoms with Crippen LogP contribution in [0.3, 0.4) is 0 Å². The number of imidazole rings is 1. The van der Waals surface area contributed by atoms with Gasteiger partial charge in [-0.05, 0) is 86.2 Å². The first-order valence-electron chi connectivity index (χ1n) is 20.4. The Labute approximate surface area is 343 Å². The van der Waals surface area contributed by atoms with E-state index in [0.29, 0.717) is 0 Å². The number of fused-ring (bicyclic) bond motifs is 4. The summed E-state index contributed by atoms with van der Waals surface area (Å²) in [6.45, 7) is 18.4. The van der Waals surface area contributed by atoms with Crippen LogP contribution in [-0.4, -0.2) is 21.5 Å². The monoisotopic (exact) mass is 757 g/mol. The lowest BCUT2D eigenvalue weighted by molar-refractivity contribution is 0.404. The minimum Gasteiger partial charge on any atom is -0.496 e. The molecule has 58 heavy (non-hydrogen) atoms. The summed E-state index contributed by atoms with van der Waals surface area (Å²) in [7, 11) is 1.80. The molecule has 0 saturated heterocycles. The summed E-state index contributed by atoms with van der Waals surface area (Å²) < 4.78 is 8.62. The van der Waals surface area contributed by atoms with Gasteiger partial charge in [0.1, 0.15) is 11.4 Å². The molecule has 1 aliphatic rings. The summed E-state index contributed by atoms with van der Waals surface area (Å²) >= 11 is 0. The summed E-state index contributed by atoms with van der Waals surface area (Å²) in [5.74, 6) is 0.874. The number of ether oxygens (including phenoxy) is 1. The molecule has 288 valence electrons. The third-order valence-electron chi connectivity index (χ3n) is 12.0. The van der Waals surface area contributed by atoms with Gasteiger partial charge in [0.2, 0.25) is 0 Å². The summed E-state index contributed by atoms with van der Waals surface area (Å²) in [4.78, 5) is 10.7. The Bertz CT molecular complexity index is 2830. The summed E-state index contributed by atoms with van der Waals surface area (Å²) in [6.07, 6.45) is 2.09. The smallest absolute Gasteiger partial charge is 0.137 e. The lowest BCUT2D eigenvalue weighted by Gasteiger charge is -2.27. The van der Waals surface area contributed by atoms with Crippen molar-refractivity contribution >= 4 is 5.65 Å². The topological polar surface area (TPSA) is 39.4 Å². The molecule has 4 nitrogen and oxygen atoms in total. The second-order valence-corrected chi connectivity index (χ2v) is 18.3. The molecule has 0 saturated carbocycles. The maximum Gasteiger partial charge on any atom is 0.137 e. The molecule has 0 bridgehead atoms. The molecule has 0 aliphatic heterocycles. The van der Waals surface area contributed by atoms with E-state index in [4.69, 9.17) is 14.7 Å². The first-order valence-corrected chi connectivity index (χ1v) is 20.4. The van der Waals surface area contributed by atoms with E-state index in [-0.39, 0.29) is 16.2 Å². The fourth-order valence-electron chi connectivity index (χ4n) is 8.78. The fourth-order valence-corrected chi connectivity index (χ4v) is 8.78. The largest absolute Gasteiger partial charge is 0.496 e. The molecule has 0 spiro atoms. The Morgan fingerprint density at radius 2 is 1.14 bits per heavy atom. The van der Waals surface area contributed by atoms with Gasteiger partial charge in [-0.15, -0.1) is 0 Å². The second kappa shape index (κ2) is 13.7. The van der Waals surface area contributed by atoms with Gasteiger partial charge in [0.05, 0.1) is 29.9 Å². The summed E-state index contributed by atoms with van der Waals surface area (Å²) in [5.41, 5.74) is 18.5. The Morgan fingerprint density at radius 1 is 0.517 bits per heavy atom. The minimum absolute atomic E-state index is 0.0304. The quantitative estimate of drug-likeness (QED) is 0.170. The van der Waals surface area contributed by atoms with Crippen molar-refractivity contribution in [2.24, 2.45) is 0 Å². The van der Waals surface area contributed by atoms with Crippen molar-refractivity contribution in [3.8, 4) is 73.0 Å². The van der Waals surface area contributed by atoms with Crippen LogP contribution < -0.4 is 4.74 Å². The van der Waals surface area contributed by atoms with E-state index in [1.165, 1.54) is 38.9 Å². The second-order valence-electron chi connectivity index (χ2n) is 18.3. The molecule has 4 heteroatoms. The Balaban J connectivity index is 1.28. The first kappa shape index (κ1) is 37.3. The van der Waals surface area contributed by atoms with E-state index in [1.54, 1.807) is 7.11 Å². The zero-order valence-corrected chi connectivity index (χ0v) is 35.1. The number of rotatable bonds is 6. The summed E-state index contributed by atoms with van der Waals surface area (Å²) in [6, 6.07) is 50.3. The molecular formula is C54H51N3O. The number of hydrogen-bond acceptors (Lipinski definition) is 3. The van der Waals surface area contributed by atoms with Gasteiger partial charge in [0.15, 0.2) is 0 Å². The number of pyridine rings is 2. The summed E-state index contributed by atoms with van der Waals surface area (Å²) in [5, 5.41) is 0. The van der Waals surface area contributed by atoms with Crippen LogP contribution in [0.15, 0.2) is 146 Å². The molecule has 0 amide bonds. The predicted octanol–water partition coefficient (Wildman–Crippen LogP) is 14.0. The normalized spacial score (nSPS) is 13.4. The molecular weight excluding hydrogens is 707 g/mol. The Kier molecular flexibility index (Phi) is 8.81. The van der Waals surface area contributed by atoms with Crippen LogP contribution in [0, 0.1) is 0 Å². The number of aromatic nitrogens is 3. The highest BCUT2D eigenvalue weighted by Gasteiger charge is 2.39. The molecule has 0 N–H and O–H groups in total. The SMILES string of the molecule is COc1c(-c2cc(-c3cc(C(C)(C)C)cc(C(C)(C)C)c3)cc(-c3cccc(-c4nc5ccccn5c4-c4ccccc4)c3)n2)ccc2c1C(C)(C)c1ccccc1-2. The molecule has 0 radical (unpaired) electrons. The number of hydrogen-bond donors (Lipinski definition) is 0. The van der Waals surface area contributed by atoms with Gasteiger partial charge in [-0.2, -0.15) is 0 Å². The number of benzene rings is 5. The molecule has 0 atom stereocenters. The van der Waals surface area contributed by atoms with Gasteiger partial charge < -0.3 is 4.74 Å². The first-order chi connectivity index (χ1) is 27.7. The van der Waals surface area contributed by atoms with Crippen LogP contribution in [0.1, 0.15) is 77.6 Å². The molecule has 3 heterocycles. The Morgan fingerprint density at radius 3 is 1.86 bits per heavy atom. The predicted molar refractivity (Wildman–Crippen MR) is 242 cm³/mol. The van der Waals surface area contributed by atoms with E-state index in [2.05, 4.69) is 199 Å². The molecule has 5 aromatic carbocycles. The van der Waals surface area contributed by atoms with Gasteiger partial charge in [0.25, 0.3) is 0 Å². The molecule has 3 aromatic heterocycles. The maximum atomic E-state index is 6.44. The van der Waals surface area contributed by atoms with E-state index in [0.717, 1.165) is 62.0 Å². The maximum absolute atomic E-state index is 6.44. The van der Waals surface area contributed by atoms with Crippen LogP contribution in [0.4, 0.5) is 0 Å². The van der Waals surface area contributed by atoms with Crippen LogP contribution in [0.25, 0.3) is 72.9 Å². The lowest BCUT2D eigenvalue weighted by Crippen LogP contribution is -2.16. The number of methoxy groups -OCH3 is 1. The molecule has 8 aromatic rings.